The number of aromatic hydroxyl groups is 2. The average molecular weight is 345 g/mol. The lowest BCUT2D eigenvalue weighted by molar-refractivity contribution is -0.121. The van der Waals surface area contributed by atoms with Crippen LogP contribution in [0.25, 0.3) is 0 Å². The Morgan fingerprint density at radius 1 is 1.04 bits per heavy atom. The predicted octanol–water partition coefficient (Wildman–Crippen LogP) is 1.89. The zero-order valence-electron chi connectivity index (χ0n) is 14.2. The van der Waals surface area contributed by atoms with Gasteiger partial charge in [-0.2, -0.15) is 0 Å². The van der Waals surface area contributed by atoms with Gasteiger partial charge >= 0.3 is 0 Å². The summed E-state index contributed by atoms with van der Waals surface area (Å²) in [5, 5.41) is 31.1. The molecule has 0 aliphatic rings. The molecular weight excluding hydrogens is 322 g/mol. The summed E-state index contributed by atoms with van der Waals surface area (Å²) in [6.07, 6.45) is 1.51. The van der Waals surface area contributed by atoms with Crippen LogP contribution in [0.1, 0.15) is 23.1 Å². The van der Waals surface area contributed by atoms with Crippen molar-refractivity contribution < 1.29 is 24.9 Å². The van der Waals surface area contributed by atoms with Crippen molar-refractivity contribution in [2.45, 2.75) is 25.9 Å². The van der Waals surface area contributed by atoms with E-state index in [1.807, 2.05) is 0 Å². The van der Waals surface area contributed by atoms with Crippen LogP contribution in [0.3, 0.4) is 0 Å². The van der Waals surface area contributed by atoms with Crippen LogP contribution in [0.5, 0.6) is 17.2 Å². The number of methoxy groups -OCH3 is 1. The Kier molecular flexibility index (Phi) is 6.65. The maximum atomic E-state index is 11.9. The molecule has 0 atom stereocenters. The van der Waals surface area contributed by atoms with Crippen LogP contribution in [0.15, 0.2) is 36.4 Å². The molecule has 0 aliphatic carbocycles. The molecule has 0 aliphatic heterocycles. The summed E-state index contributed by atoms with van der Waals surface area (Å²) in [4.78, 5) is 11.9. The molecule has 134 valence electrons. The summed E-state index contributed by atoms with van der Waals surface area (Å²) in [5.74, 6) is 0.476. The Morgan fingerprint density at radius 3 is 2.40 bits per heavy atom. The molecule has 0 bridgehead atoms. The fourth-order valence-electron chi connectivity index (χ4n) is 2.49. The molecule has 0 radical (unpaired) electrons. The Bertz CT molecular complexity index is 730. The average Bonchev–Trinajstić information content (AvgIpc) is 2.62. The molecule has 6 nitrogen and oxygen atoms in total. The standard InChI is InChI=1S/C19H23NO5/c1-25-18-11-13(3-6-17(18)23)4-7-19(24)20-9-8-14-2-5-16(22)15(10-14)12-21/h2-3,5-6,10-11,21-23H,4,7-9,12H2,1H3,(H,20,24). The molecule has 0 saturated heterocycles. The first-order chi connectivity index (χ1) is 12.0. The van der Waals surface area contributed by atoms with E-state index in [0.717, 1.165) is 11.1 Å². The summed E-state index contributed by atoms with van der Waals surface area (Å²) in [6.45, 7) is 0.259. The number of carbonyl (C=O) groups excluding carboxylic acids is 1. The summed E-state index contributed by atoms with van der Waals surface area (Å²) in [5.41, 5.74) is 2.33. The molecule has 1 amide bonds. The van der Waals surface area contributed by atoms with Crippen LogP contribution in [0.4, 0.5) is 0 Å². The number of phenols is 2. The Hall–Kier alpha value is -2.73. The minimum atomic E-state index is -0.220. The maximum Gasteiger partial charge on any atom is 0.220 e. The molecule has 0 unspecified atom stereocenters. The van der Waals surface area contributed by atoms with Crippen molar-refractivity contribution in [3.05, 3.63) is 53.1 Å². The Morgan fingerprint density at radius 2 is 1.72 bits per heavy atom. The van der Waals surface area contributed by atoms with Crippen LogP contribution < -0.4 is 10.1 Å². The van der Waals surface area contributed by atoms with Gasteiger partial charge in [-0.25, -0.2) is 0 Å². The van der Waals surface area contributed by atoms with Gasteiger partial charge in [0.2, 0.25) is 5.91 Å². The second-order valence-electron chi connectivity index (χ2n) is 5.73. The van der Waals surface area contributed by atoms with E-state index in [-0.39, 0.29) is 24.0 Å². The smallest absolute Gasteiger partial charge is 0.220 e. The van der Waals surface area contributed by atoms with Crippen molar-refractivity contribution in [3.8, 4) is 17.2 Å². The van der Waals surface area contributed by atoms with Crippen molar-refractivity contribution in [3.63, 3.8) is 0 Å². The van der Waals surface area contributed by atoms with E-state index >= 15 is 0 Å². The van der Waals surface area contributed by atoms with Crippen LogP contribution in [0.2, 0.25) is 0 Å². The zero-order valence-corrected chi connectivity index (χ0v) is 14.2. The summed E-state index contributed by atoms with van der Waals surface area (Å²) in [6, 6.07) is 10.1. The number of aliphatic hydroxyl groups excluding tert-OH is 1. The third kappa shape index (κ3) is 5.39. The van der Waals surface area contributed by atoms with E-state index in [9.17, 15) is 15.0 Å². The van der Waals surface area contributed by atoms with Gasteiger partial charge in [0.25, 0.3) is 0 Å². The first kappa shape index (κ1) is 18.6. The summed E-state index contributed by atoms with van der Waals surface area (Å²) in [7, 11) is 1.48. The molecule has 4 N–H and O–H groups in total. The first-order valence-corrected chi connectivity index (χ1v) is 8.07. The van der Waals surface area contributed by atoms with Crippen molar-refractivity contribution in [1.82, 2.24) is 5.32 Å². The van der Waals surface area contributed by atoms with Gasteiger partial charge in [0.15, 0.2) is 11.5 Å². The van der Waals surface area contributed by atoms with Crippen molar-refractivity contribution in [2.24, 2.45) is 0 Å². The minimum absolute atomic E-state index is 0.0619. The van der Waals surface area contributed by atoms with Crippen LogP contribution in [-0.2, 0) is 24.2 Å². The number of nitrogens with one attached hydrogen (secondary N) is 1. The SMILES string of the molecule is COc1cc(CCC(=O)NCCc2ccc(O)c(CO)c2)ccc1O. The van der Waals surface area contributed by atoms with E-state index in [4.69, 9.17) is 9.84 Å². The lowest BCUT2D eigenvalue weighted by atomic mass is 10.1. The quantitative estimate of drug-likeness (QED) is 0.586. The van der Waals surface area contributed by atoms with Gasteiger partial charge in [0.05, 0.1) is 13.7 Å². The topological polar surface area (TPSA) is 99.0 Å². The number of rotatable bonds is 8. The van der Waals surface area contributed by atoms with Crippen molar-refractivity contribution in [1.29, 1.82) is 0 Å². The van der Waals surface area contributed by atoms with E-state index in [0.29, 0.717) is 37.1 Å². The highest BCUT2D eigenvalue weighted by atomic mass is 16.5. The van der Waals surface area contributed by atoms with Gasteiger partial charge in [-0.3, -0.25) is 4.79 Å². The maximum absolute atomic E-state index is 11.9. The van der Waals surface area contributed by atoms with Crippen LogP contribution in [-0.4, -0.2) is 34.9 Å². The molecule has 0 aromatic heterocycles. The number of benzene rings is 2. The monoisotopic (exact) mass is 345 g/mol. The molecular formula is C19H23NO5. The van der Waals surface area contributed by atoms with Gasteiger partial charge in [-0.05, 0) is 48.2 Å². The number of phenolic OH excluding ortho intramolecular Hbond substituents is 1. The van der Waals surface area contributed by atoms with E-state index in [1.165, 1.54) is 7.11 Å². The third-order valence-electron chi connectivity index (χ3n) is 3.93. The second kappa shape index (κ2) is 8.94. The lowest BCUT2D eigenvalue weighted by Gasteiger charge is -2.09. The Balaban J connectivity index is 1.77. The van der Waals surface area contributed by atoms with Gasteiger partial charge in [-0.15, -0.1) is 0 Å². The number of amides is 1. The second-order valence-corrected chi connectivity index (χ2v) is 5.73. The minimum Gasteiger partial charge on any atom is -0.508 e. The van der Waals surface area contributed by atoms with E-state index < -0.39 is 0 Å². The van der Waals surface area contributed by atoms with Gasteiger partial charge in [-0.1, -0.05) is 12.1 Å². The number of ether oxygens (including phenoxy) is 1. The molecule has 2 rings (SSSR count). The Labute approximate surface area is 146 Å². The zero-order chi connectivity index (χ0) is 18.2. The van der Waals surface area contributed by atoms with E-state index in [1.54, 1.807) is 36.4 Å². The van der Waals surface area contributed by atoms with Crippen LogP contribution in [0, 0.1) is 0 Å². The lowest BCUT2D eigenvalue weighted by Crippen LogP contribution is -2.25. The van der Waals surface area contributed by atoms with E-state index in [2.05, 4.69) is 5.32 Å². The highest BCUT2D eigenvalue weighted by molar-refractivity contribution is 5.76. The highest BCUT2D eigenvalue weighted by Crippen LogP contribution is 2.26. The van der Waals surface area contributed by atoms with Gasteiger partial charge in [0, 0.05) is 18.5 Å². The molecule has 0 heterocycles. The fourth-order valence-corrected chi connectivity index (χ4v) is 2.49. The summed E-state index contributed by atoms with van der Waals surface area (Å²) < 4.78 is 5.05. The molecule has 6 heteroatoms. The number of aliphatic hydroxyl groups is 1. The molecule has 25 heavy (non-hydrogen) atoms. The normalized spacial score (nSPS) is 10.5. The summed E-state index contributed by atoms with van der Waals surface area (Å²) >= 11 is 0. The number of hydrogen-bond acceptors (Lipinski definition) is 5. The highest BCUT2D eigenvalue weighted by Gasteiger charge is 2.07. The molecule has 0 spiro atoms. The molecule has 2 aromatic carbocycles. The van der Waals surface area contributed by atoms with Gasteiger partial charge < -0.3 is 25.4 Å². The fraction of sp³-hybridized carbons (Fsp3) is 0.316. The largest absolute Gasteiger partial charge is 0.508 e. The van der Waals surface area contributed by atoms with Crippen molar-refractivity contribution >= 4 is 5.91 Å². The first-order valence-electron chi connectivity index (χ1n) is 8.07. The predicted molar refractivity (Wildman–Crippen MR) is 93.7 cm³/mol. The van der Waals surface area contributed by atoms with Gasteiger partial charge in [0.1, 0.15) is 5.75 Å². The third-order valence-corrected chi connectivity index (χ3v) is 3.93. The molecule has 0 fully saturated rings. The van der Waals surface area contributed by atoms with Crippen LogP contribution >= 0.6 is 0 Å². The van der Waals surface area contributed by atoms with Crippen molar-refractivity contribution in [2.75, 3.05) is 13.7 Å². The number of aryl methyl sites for hydroxylation is 1. The number of hydrogen-bond donors (Lipinski definition) is 4. The molecule has 0 saturated carbocycles. The molecule has 2 aromatic rings. The number of carbonyl (C=O) groups is 1.